The third-order valence-corrected chi connectivity index (χ3v) is 9.74. The van der Waals surface area contributed by atoms with Crippen molar-refractivity contribution in [3.05, 3.63) is 168 Å². The molecule has 5 heteroatoms. The molecule has 0 saturated heterocycles. The van der Waals surface area contributed by atoms with Crippen LogP contribution in [0, 0.1) is 13.1 Å². The molecule has 10 aromatic rings. The smallest absolute Gasteiger partial charge is 0.196 e. The van der Waals surface area contributed by atoms with E-state index in [-0.39, 0.29) is 0 Å². The molecule has 0 saturated carbocycles. The molecule has 0 aliphatic rings. The van der Waals surface area contributed by atoms with Gasteiger partial charge in [0.05, 0.1) is 35.2 Å². The summed E-state index contributed by atoms with van der Waals surface area (Å²) < 4.78 is 11.3. The number of aromatic nitrogens is 2. The van der Waals surface area contributed by atoms with Crippen molar-refractivity contribution in [1.82, 2.24) is 9.13 Å². The quantitative estimate of drug-likeness (QED) is 0.180. The summed E-state index contributed by atoms with van der Waals surface area (Å²) >= 11 is 0. The van der Waals surface area contributed by atoms with E-state index in [1.54, 1.807) is 0 Å². The van der Waals surface area contributed by atoms with Crippen LogP contribution in [0.1, 0.15) is 0 Å². The fourth-order valence-electron chi connectivity index (χ4n) is 7.68. The molecular weight excluding hydrogens is 601 g/mol. The summed E-state index contributed by atoms with van der Waals surface area (Å²) in [5.74, 6) is 0. The van der Waals surface area contributed by atoms with Gasteiger partial charge in [-0.15, -0.1) is 0 Å². The van der Waals surface area contributed by atoms with Gasteiger partial charge in [0.15, 0.2) is 17.0 Å². The van der Waals surface area contributed by atoms with Crippen LogP contribution in [-0.2, 0) is 0 Å². The summed E-state index contributed by atoms with van der Waals surface area (Å²) in [6.45, 7) is 15.8. The van der Waals surface area contributed by atoms with E-state index >= 15 is 0 Å². The molecule has 49 heavy (non-hydrogen) atoms. The minimum absolute atomic E-state index is 0.569. The first-order valence-electron chi connectivity index (χ1n) is 16.1. The van der Waals surface area contributed by atoms with Crippen LogP contribution in [0.2, 0.25) is 0 Å². The predicted molar refractivity (Wildman–Crippen MR) is 200 cm³/mol. The fraction of sp³-hybridized carbons (Fsp3) is 0. The molecule has 7 aromatic carbocycles. The van der Waals surface area contributed by atoms with Crippen LogP contribution in [0.4, 0.5) is 11.4 Å². The highest BCUT2D eigenvalue weighted by atomic mass is 16.3. The summed E-state index contributed by atoms with van der Waals surface area (Å²) in [5, 5.41) is 6.41. The van der Waals surface area contributed by atoms with Crippen molar-refractivity contribution < 1.29 is 4.42 Å². The lowest BCUT2D eigenvalue weighted by Crippen LogP contribution is -1.97. The van der Waals surface area contributed by atoms with Crippen molar-refractivity contribution in [2.75, 3.05) is 0 Å². The highest BCUT2D eigenvalue weighted by molar-refractivity contribution is 6.22. The second-order valence-corrected chi connectivity index (χ2v) is 12.3. The van der Waals surface area contributed by atoms with Crippen LogP contribution in [0.15, 0.2) is 150 Å². The average Bonchev–Trinajstić information content (AvgIpc) is 3.82. The number of nitrogens with zero attached hydrogens (tertiary/aromatic N) is 4. The van der Waals surface area contributed by atoms with Gasteiger partial charge in [-0.3, -0.25) is 0 Å². The second-order valence-electron chi connectivity index (χ2n) is 12.3. The lowest BCUT2D eigenvalue weighted by Gasteiger charge is -2.16. The summed E-state index contributed by atoms with van der Waals surface area (Å²) in [6, 6.07) is 49.6. The average molecular weight is 625 g/mol. The third kappa shape index (κ3) is 3.79. The van der Waals surface area contributed by atoms with E-state index in [1.165, 1.54) is 5.39 Å². The first kappa shape index (κ1) is 27.1. The van der Waals surface area contributed by atoms with Crippen molar-refractivity contribution >= 4 is 76.9 Å². The molecule has 226 valence electrons. The van der Waals surface area contributed by atoms with Gasteiger partial charge in [0.2, 0.25) is 0 Å². The van der Waals surface area contributed by atoms with Crippen molar-refractivity contribution in [3.63, 3.8) is 0 Å². The van der Waals surface area contributed by atoms with Crippen LogP contribution >= 0.6 is 0 Å². The maximum absolute atomic E-state index is 8.21. The second kappa shape index (κ2) is 10.2. The molecule has 0 fully saturated rings. The van der Waals surface area contributed by atoms with Gasteiger partial charge in [0.1, 0.15) is 5.58 Å². The molecule has 0 aliphatic carbocycles. The van der Waals surface area contributed by atoms with Crippen LogP contribution in [-0.4, -0.2) is 9.13 Å². The SMILES string of the molecule is [C-]#[N+]c1ccc2c(c1)c1ccccc1n2-c1cccc([N+]#[C-])c1-c1ccc2oc3c(ccc4c5ccccc5n(-c5ccccc5)c43)c2c1. The van der Waals surface area contributed by atoms with Crippen LogP contribution in [0.25, 0.3) is 97.7 Å². The molecule has 0 bridgehead atoms. The Balaban J connectivity index is 1.27. The first-order chi connectivity index (χ1) is 24.2. The van der Waals surface area contributed by atoms with Gasteiger partial charge in [-0.25, -0.2) is 9.69 Å². The van der Waals surface area contributed by atoms with Crippen LogP contribution in [0.3, 0.4) is 0 Å². The van der Waals surface area contributed by atoms with E-state index in [4.69, 9.17) is 17.6 Å². The number of fused-ring (bicyclic) bond motifs is 10. The zero-order valence-corrected chi connectivity index (χ0v) is 26.1. The van der Waals surface area contributed by atoms with E-state index in [1.807, 2.05) is 54.6 Å². The van der Waals surface area contributed by atoms with E-state index < -0.39 is 0 Å². The van der Waals surface area contributed by atoms with E-state index in [2.05, 4.69) is 110 Å². The number of benzene rings is 7. The Morgan fingerprint density at radius 3 is 2.00 bits per heavy atom. The summed E-state index contributed by atoms with van der Waals surface area (Å²) in [7, 11) is 0. The highest BCUT2D eigenvalue weighted by Crippen LogP contribution is 2.45. The van der Waals surface area contributed by atoms with Gasteiger partial charge in [0.25, 0.3) is 0 Å². The number of rotatable bonds is 3. The molecule has 3 heterocycles. The molecule has 0 amide bonds. The van der Waals surface area contributed by atoms with Gasteiger partial charge in [-0.05, 0) is 71.6 Å². The highest BCUT2D eigenvalue weighted by Gasteiger charge is 2.22. The molecule has 0 atom stereocenters. The number of hydrogen-bond acceptors (Lipinski definition) is 1. The van der Waals surface area contributed by atoms with Gasteiger partial charge >= 0.3 is 0 Å². The van der Waals surface area contributed by atoms with E-state index in [0.717, 1.165) is 82.7 Å². The van der Waals surface area contributed by atoms with Gasteiger partial charge in [0, 0.05) is 43.9 Å². The van der Waals surface area contributed by atoms with Crippen molar-refractivity contribution in [2.24, 2.45) is 0 Å². The summed E-state index contributed by atoms with van der Waals surface area (Å²) in [6.07, 6.45) is 0. The molecule has 10 rings (SSSR count). The first-order valence-corrected chi connectivity index (χ1v) is 16.1. The lowest BCUT2D eigenvalue weighted by molar-refractivity contribution is 0.671. The number of furan rings is 1. The minimum Gasteiger partial charge on any atom is -0.454 e. The summed E-state index contributed by atoms with van der Waals surface area (Å²) in [4.78, 5) is 7.71. The summed E-state index contributed by atoms with van der Waals surface area (Å²) in [5.41, 5.74) is 10.7. The number of para-hydroxylation sites is 3. The van der Waals surface area contributed by atoms with Gasteiger partial charge in [-0.2, -0.15) is 0 Å². The maximum atomic E-state index is 8.21. The van der Waals surface area contributed by atoms with Crippen molar-refractivity contribution in [2.45, 2.75) is 0 Å². The van der Waals surface area contributed by atoms with E-state index in [9.17, 15) is 0 Å². The molecule has 0 unspecified atom stereocenters. The Bertz CT molecular complexity index is 3070. The maximum Gasteiger partial charge on any atom is 0.196 e. The standard InChI is InChI=1S/C44H24N4O/c1-45-28-20-23-39-34(26-28)31-14-7-9-17-38(31)48(39)40-18-10-15-36(46-2)42(40)27-19-24-41-35(25-27)33-22-21-32-30-13-6-8-16-37(30)47(43(32)44(33)49-41)29-11-4-3-5-12-29/h3-26H. The Morgan fingerprint density at radius 2 is 1.20 bits per heavy atom. The zero-order chi connectivity index (χ0) is 32.6. The molecule has 0 aliphatic heterocycles. The van der Waals surface area contributed by atoms with Crippen molar-refractivity contribution in [3.8, 4) is 22.5 Å². The topological polar surface area (TPSA) is 31.7 Å². The molecule has 0 radical (unpaired) electrons. The van der Waals surface area contributed by atoms with Gasteiger partial charge in [-0.1, -0.05) is 84.9 Å². The normalized spacial score (nSPS) is 11.6. The third-order valence-electron chi connectivity index (χ3n) is 9.74. The molecule has 5 nitrogen and oxygen atoms in total. The number of hydrogen-bond donors (Lipinski definition) is 0. The Hall–Kier alpha value is -7.08. The molecule has 0 spiro atoms. The largest absolute Gasteiger partial charge is 0.454 e. The predicted octanol–water partition coefficient (Wildman–Crippen LogP) is 12.5. The monoisotopic (exact) mass is 624 g/mol. The van der Waals surface area contributed by atoms with E-state index in [0.29, 0.717) is 11.4 Å². The Labute approximate surface area is 280 Å². The Kier molecular flexibility index (Phi) is 5.64. The molecule has 3 aromatic heterocycles. The zero-order valence-electron chi connectivity index (χ0n) is 26.1. The fourth-order valence-corrected chi connectivity index (χ4v) is 7.68. The Morgan fingerprint density at radius 1 is 0.490 bits per heavy atom. The minimum atomic E-state index is 0.569. The van der Waals surface area contributed by atoms with Crippen LogP contribution < -0.4 is 0 Å². The van der Waals surface area contributed by atoms with Crippen molar-refractivity contribution in [1.29, 1.82) is 0 Å². The van der Waals surface area contributed by atoms with Crippen LogP contribution in [0.5, 0.6) is 0 Å². The lowest BCUT2D eigenvalue weighted by atomic mass is 9.98. The van der Waals surface area contributed by atoms with Gasteiger partial charge < -0.3 is 13.6 Å². The molecular formula is C44H24N4O. The molecule has 0 N–H and O–H groups in total.